The summed E-state index contributed by atoms with van der Waals surface area (Å²) >= 11 is 0. The van der Waals surface area contributed by atoms with Crippen molar-refractivity contribution < 1.29 is 26.4 Å². The Bertz CT molecular complexity index is 1010. The van der Waals surface area contributed by atoms with Gasteiger partial charge in [-0.1, -0.05) is 0 Å². The first-order valence-corrected chi connectivity index (χ1v) is 9.71. The number of nitrogens with zero attached hydrogens (tertiary/aromatic N) is 2. The second kappa shape index (κ2) is 7.06. The first-order chi connectivity index (χ1) is 13.0. The summed E-state index contributed by atoms with van der Waals surface area (Å²) in [4.78, 5) is 18.9. The molecule has 11 heteroatoms. The van der Waals surface area contributed by atoms with Gasteiger partial charge in [0, 0.05) is 24.8 Å². The maximum atomic E-state index is 12.5. The highest BCUT2D eigenvalue weighted by Crippen LogP contribution is 2.34. The molecule has 1 aromatic heterocycles. The molecule has 1 aromatic carbocycles. The van der Waals surface area contributed by atoms with Crippen LogP contribution in [0.2, 0.25) is 0 Å². The third-order valence-corrected chi connectivity index (χ3v) is 5.57. The average Bonchev–Trinajstić information content (AvgIpc) is 2.94. The van der Waals surface area contributed by atoms with Crippen LogP contribution in [0.25, 0.3) is 0 Å². The van der Waals surface area contributed by atoms with Crippen molar-refractivity contribution in [3.05, 3.63) is 47.7 Å². The topological polar surface area (TPSA) is 91.4 Å². The van der Waals surface area contributed by atoms with Crippen molar-refractivity contribution in [2.75, 3.05) is 10.3 Å². The molecule has 1 atom stereocenters. The minimum Gasteiger partial charge on any atom is -0.309 e. The Hall–Kier alpha value is -2.66. The zero-order valence-corrected chi connectivity index (χ0v) is 15.7. The number of hydrogen-bond donors (Lipinski definition) is 2. The number of hydrazine groups is 1. The van der Waals surface area contributed by atoms with E-state index in [1.165, 1.54) is 19.1 Å². The number of anilines is 2. The lowest BCUT2D eigenvalue weighted by atomic mass is 10.1. The fraction of sp³-hybridized carbons (Fsp3) is 0.294. The molecule has 1 amide bonds. The summed E-state index contributed by atoms with van der Waals surface area (Å²) in [6.07, 6.45) is -3.41. The Labute approximate surface area is 159 Å². The van der Waals surface area contributed by atoms with Gasteiger partial charge in [0.25, 0.3) is 10.0 Å². The van der Waals surface area contributed by atoms with Gasteiger partial charge in [-0.25, -0.2) is 13.4 Å². The number of benzene rings is 1. The highest BCUT2D eigenvalue weighted by molar-refractivity contribution is 7.89. The third-order valence-electron chi connectivity index (χ3n) is 4.32. The largest absolute Gasteiger partial charge is 0.417 e. The van der Waals surface area contributed by atoms with Crippen molar-refractivity contribution in [2.45, 2.75) is 37.4 Å². The lowest BCUT2D eigenvalue weighted by molar-refractivity contribution is -0.137. The maximum Gasteiger partial charge on any atom is 0.417 e. The summed E-state index contributed by atoms with van der Waals surface area (Å²) in [7, 11) is -4.00. The minimum atomic E-state index is -4.53. The quantitative estimate of drug-likeness (QED) is 0.751. The molecule has 2 aromatic rings. The summed E-state index contributed by atoms with van der Waals surface area (Å²) in [6.45, 7) is 3.31. The van der Waals surface area contributed by atoms with E-state index in [1.54, 1.807) is 11.0 Å². The number of nitrogens with one attached hydrogen (secondary N) is 2. The number of alkyl halides is 3. The van der Waals surface area contributed by atoms with Gasteiger partial charge in [-0.3, -0.25) is 10.2 Å². The Morgan fingerprint density at radius 1 is 1.25 bits per heavy atom. The number of hydrogen-bond acceptors (Lipinski definition) is 5. The summed E-state index contributed by atoms with van der Waals surface area (Å²) < 4.78 is 62.5. The molecule has 1 aliphatic heterocycles. The van der Waals surface area contributed by atoms with Gasteiger partial charge in [0.2, 0.25) is 5.91 Å². The normalized spacial score (nSPS) is 16.8. The van der Waals surface area contributed by atoms with Gasteiger partial charge in [-0.05, 0) is 49.2 Å². The molecule has 0 spiro atoms. The molecule has 3 rings (SSSR count). The van der Waals surface area contributed by atoms with E-state index in [-0.39, 0.29) is 22.7 Å². The van der Waals surface area contributed by atoms with Crippen molar-refractivity contribution in [3.8, 4) is 0 Å². The molecular weight excluding hydrogens is 397 g/mol. The second-order valence-electron chi connectivity index (χ2n) is 6.39. The molecule has 0 fully saturated rings. The van der Waals surface area contributed by atoms with Crippen LogP contribution in [0.4, 0.5) is 24.7 Å². The predicted molar refractivity (Wildman–Crippen MR) is 96.0 cm³/mol. The van der Waals surface area contributed by atoms with Crippen LogP contribution in [-0.4, -0.2) is 25.4 Å². The van der Waals surface area contributed by atoms with E-state index in [4.69, 9.17) is 0 Å². The van der Waals surface area contributed by atoms with Gasteiger partial charge in [-0.15, -0.1) is 4.83 Å². The molecule has 2 heterocycles. The smallest absolute Gasteiger partial charge is 0.309 e. The first kappa shape index (κ1) is 20.1. The zero-order chi connectivity index (χ0) is 20.7. The van der Waals surface area contributed by atoms with Gasteiger partial charge >= 0.3 is 6.18 Å². The van der Waals surface area contributed by atoms with Gasteiger partial charge in [0.1, 0.15) is 5.82 Å². The molecule has 0 saturated carbocycles. The number of sulfonamides is 1. The molecule has 0 aliphatic carbocycles. The van der Waals surface area contributed by atoms with Crippen LogP contribution in [0.15, 0.2) is 41.4 Å². The number of halogens is 3. The van der Waals surface area contributed by atoms with E-state index in [0.29, 0.717) is 18.3 Å². The van der Waals surface area contributed by atoms with Crippen LogP contribution in [0.5, 0.6) is 0 Å². The second-order valence-corrected chi connectivity index (χ2v) is 8.08. The maximum absolute atomic E-state index is 12.5. The molecule has 1 aliphatic rings. The van der Waals surface area contributed by atoms with E-state index in [2.05, 4.69) is 15.2 Å². The Morgan fingerprint density at radius 3 is 2.54 bits per heavy atom. The highest BCUT2D eigenvalue weighted by atomic mass is 32.2. The highest BCUT2D eigenvalue weighted by Gasteiger charge is 2.31. The van der Waals surface area contributed by atoms with Crippen molar-refractivity contribution in [3.63, 3.8) is 0 Å². The van der Waals surface area contributed by atoms with Gasteiger partial charge in [0.15, 0.2) is 0 Å². The molecular formula is C17H17F3N4O3S. The van der Waals surface area contributed by atoms with Crippen LogP contribution in [0, 0.1) is 0 Å². The first-order valence-electron chi connectivity index (χ1n) is 8.23. The van der Waals surface area contributed by atoms with E-state index < -0.39 is 21.8 Å². The molecule has 0 radical (unpaired) electrons. The standard InChI is InChI=1S/C17H17F3N4O3S/c1-10-7-12-8-14(4-5-15(12)24(10)11(2)25)28(26,27)23-22-16-6-3-13(9-21-16)17(18,19)20/h3-6,8-10,23H,7H2,1-2H3,(H,21,22)/t10-/m1/s1. The lowest BCUT2D eigenvalue weighted by Crippen LogP contribution is -2.33. The fourth-order valence-electron chi connectivity index (χ4n) is 3.07. The van der Waals surface area contributed by atoms with E-state index in [0.717, 1.165) is 17.7 Å². The number of carbonyl (C=O) groups excluding carboxylic acids is 1. The Morgan fingerprint density at radius 2 is 1.96 bits per heavy atom. The molecule has 0 unspecified atom stereocenters. The number of carbonyl (C=O) groups is 1. The predicted octanol–water partition coefficient (Wildman–Crippen LogP) is 2.70. The lowest BCUT2D eigenvalue weighted by Gasteiger charge is -2.20. The summed E-state index contributed by atoms with van der Waals surface area (Å²) in [5.41, 5.74) is 2.73. The molecule has 2 N–H and O–H groups in total. The molecule has 28 heavy (non-hydrogen) atoms. The van der Waals surface area contributed by atoms with Crippen molar-refractivity contribution in [1.82, 2.24) is 9.82 Å². The number of aromatic nitrogens is 1. The molecule has 0 saturated heterocycles. The number of rotatable bonds is 4. The molecule has 0 bridgehead atoms. The van der Waals surface area contributed by atoms with Crippen molar-refractivity contribution in [1.29, 1.82) is 0 Å². The van der Waals surface area contributed by atoms with E-state index in [9.17, 15) is 26.4 Å². The Balaban J connectivity index is 1.75. The van der Waals surface area contributed by atoms with Gasteiger partial charge < -0.3 is 4.90 Å². The number of fused-ring (bicyclic) bond motifs is 1. The van der Waals surface area contributed by atoms with Gasteiger partial charge in [-0.2, -0.15) is 13.2 Å². The average molecular weight is 414 g/mol. The van der Waals surface area contributed by atoms with Crippen LogP contribution >= 0.6 is 0 Å². The third kappa shape index (κ3) is 3.94. The van der Waals surface area contributed by atoms with Crippen molar-refractivity contribution in [2.24, 2.45) is 0 Å². The number of pyridine rings is 1. The Kier molecular flexibility index (Phi) is 5.06. The summed E-state index contributed by atoms with van der Waals surface area (Å²) in [5, 5.41) is 0. The molecule has 7 nitrogen and oxygen atoms in total. The van der Waals surface area contributed by atoms with E-state index in [1.807, 2.05) is 6.92 Å². The van der Waals surface area contributed by atoms with Gasteiger partial charge in [0.05, 0.1) is 10.5 Å². The summed E-state index contributed by atoms with van der Waals surface area (Å²) in [6, 6.07) is 6.12. The van der Waals surface area contributed by atoms with Crippen LogP contribution in [-0.2, 0) is 27.4 Å². The zero-order valence-electron chi connectivity index (χ0n) is 14.9. The van der Waals surface area contributed by atoms with Crippen LogP contribution in [0.1, 0.15) is 25.0 Å². The number of amides is 1. The fourth-order valence-corrected chi connectivity index (χ4v) is 3.97. The van der Waals surface area contributed by atoms with Crippen molar-refractivity contribution >= 4 is 27.4 Å². The SMILES string of the molecule is CC(=O)N1c2ccc(S(=O)(=O)NNc3ccc(C(F)(F)F)cn3)cc2C[C@H]1C. The minimum absolute atomic E-state index is 0.0386. The molecule has 150 valence electrons. The van der Waals surface area contributed by atoms with Crippen LogP contribution < -0.4 is 15.2 Å². The monoisotopic (exact) mass is 414 g/mol. The van der Waals surface area contributed by atoms with E-state index >= 15 is 0 Å². The van der Waals surface area contributed by atoms with Crippen LogP contribution in [0.3, 0.4) is 0 Å². The summed E-state index contributed by atoms with van der Waals surface area (Å²) in [5.74, 6) is -0.218.